The molecule has 0 aliphatic carbocycles. The highest BCUT2D eigenvalue weighted by molar-refractivity contribution is 5.59. The lowest BCUT2D eigenvalue weighted by atomic mass is 10.0. The lowest BCUT2D eigenvalue weighted by Gasteiger charge is -2.38. The Bertz CT molecular complexity index is 480. The van der Waals surface area contributed by atoms with E-state index in [1.54, 1.807) is 13.0 Å². The minimum absolute atomic E-state index is 0.306. The van der Waals surface area contributed by atoms with Gasteiger partial charge in [0, 0.05) is 17.8 Å². The summed E-state index contributed by atoms with van der Waals surface area (Å²) in [6.45, 7) is 6.07. The van der Waals surface area contributed by atoms with Crippen molar-refractivity contribution in [1.29, 1.82) is 5.26 Å². The van der Waals surface area contributed by atoms with Crippen LogP contribution >= 0.6 is 0 Å². The zero-order chi connectivity index (χ0) is 13.8. The molecule has 0 amide bonds. The second-order valence-electron chi connectivity index (χ2n) is 4.89. The van der Waals surface area contributed by atoms with Crippen molar-refractivity contribution in [3.05, 3.63) is 29.3 Å². The third kappa shape index (κ3) is 2.89. The van der Waals surface area contributed by atoms with Gasteiger partial charge in [-0.3, -0.25) is 0 Å². The molecule has 2 rings (SSSR count). The lowest BCUT2D eigenvalue weighted by Crippen LogP contribution is -2.45. The van der Waals surface area contributed by atoms with Gasteiger partial charge in [-0.2, -0.15) is 5.26 Å². The Morgan fingerprint density at radius 2 is 2.37 bits per heavy atom. The van der Waals surface area contributed by atoms with Gasteiger partial charge in [0.15, 0.2) is 0 Å². The molecule has 0 aromatic heterocycles. The van der Waals surface area contributed by atoms with Crippen molar-refractivity contribution in [1.82, 2.24) is 0 Å². The Balaban J connectivity index is 2.43. The molecular formula is C15H20N2O2. The van der Waals surface area contributed by atoms with E-state index in [1.807, 2.05) is 12.1 Å². The van der Waals surface area contributed by atoms with Gasteiger partial charge < -0.3 is 14.7 Å². The van der Waals surface area contributed by atoms with E-state index in [2.05, 4.69) is 17.9 Å². The first-order valence-corrected chi connectivity index (χ1v) is 6.73. The van der Waals surface area contributed by atoms with Gasteiger partial charge in [0.25, 0.3) is 0 Å². The van der Waals surface area contributed by atoms with Crippen LogP contribution in [-0.4, -0.2) is 30.9 Å². The molecule has 0 spiro atoms. The number of aliphatic hydroxyl groups excluding tert-OH is 1. The van der Waals surface area contributed by atoms with Gasteiger partial charge in [-0.15, -0.1) is 0 Å². The molecule has 1 unspecified atom stereocenters. The summed E-state index contributed by atoms with van der Waals surface area (Å²) >= 11 is 0. The number of benzene rings is 1. The summed E-state index contributed by atoms with van der Waals surface area (Å²) in [6, 6.07) is 7.95. The normalized spacial score (nSPS) is 20.9. The standard InChI is InChI=1S/C15H20N2O2/c1-3-13-10-19-7-6-17(13)15-8-12(9-16)4-5-14(15)11(2)18/h4-5,8,11,13,18H,3,6-7,10H2,1-2H3/t11-,13?/m0/s1. The SMILES string of the molecule is CCC1COCCN1c1cc(C#N)ccc1[C@H](C)O. The largest absolute Gasteiger partial charge is 0.389 e. The van der Waals surface area contributed by atoms with E-state index in [4.69, 9.17) is 10.00 Å². The summed E-state index contributed by atoms with van der Waals surface area (Å²) in [7, 11) is 0. The smallest absolute Gasteiger partial charge is 0.0992 e. The van der Waals surface area contributed by atoms with E-state index in [0.717, 1.165) is 24.2 Å². The third-order valence-corrected chi connectivity index (χ3v) is 3.62. The maximum Gasteiger partial charge on any atom is 0.0992 e. The third-order valence-electron chi connectivity index (χ3n) is 3.62. The summed E-state index contributed by atoms with van der Waals surface area (Å²) in [6.07, 6.45) is 0.443. The average molecular weight is 260 g/mol. The maximum absolute atomic E-state index is 9.92. The van der Waals surface area contributed by atoms with Crippen molar-refractivity contribution >= 4 is 5.69 Å². The summed E-state index contributed by atoms with van der Waals surface area (Å²) in [5, 5.41) is 19.0. The fourth-order valence-electron chi connectivity index (χ4n) is 2.53. The summed E-state index contributed by atoms with van der Waals surface area (Å²) in [5.74, 6) is 0. The van der Waals surface area contributed by atoms with E-state index in [-0.39, 0.29) is 0 Å². The summed E-state index contributed by atoms with van der Waals surface area (Å²) in [5.41, 5.74) is 2.46. The van der Waals surface area contributed by atoms with Crippen LogP contribution in [0.3, 0.4) is 0 Å². The van der Waals surface area contributed by atoms with Crippen LogP contribution in [0.2, 0.25) is 0 Å². The molecule has 4 nitrogen and oxygen atoms in total. The molecule has 0 saturated carbocycles. The molecule has 1 aliphatic rings. The molecule has 2 atom stereocenters. The first kappa shape index (κ1) is 13.9. The first-order chi connectivity index (χ1) is 9.17. The molecule has 1 aromatic rings. The number of nitriles is 1. The molecule has 1 fully saturated rings. The van der Waals surface area contributed by atoms with Crippen molar-refractivity contribution in [3.63, 3.8) is 0 Å². The number of ether oxygens (including phenoxy) is 1. The quantitative estimate of drug-likeness (QED) is 0.905. The molecule has 0 radical (unpaired) electrons. The Hall–Kier alpha value is -1.57. The van der Waals surface area contributed by atoms with Gasteiger partial charge >= 0.3 is 0 Å². The Morgan fingerprint density at radius 3 is 3.00 bits per heavy atom. The van der Waals surface area contributed by atoms with Crippen LogP contribution in [0, 0.1) is 11.3 Å². The second-order valence-corrected chi connectivity index (χ2v) is 4.89. The van der Waals surface area contributed by atoms with Gasteiger partial charge in [-0.05, 0) is 25.5 Å². The van der Waals surface area contributed by atoms with Crippen LogP contribution in [0.15, 0.2) is 18.2 Å². The average Bonchev–Trinajstić information content (AvgIpc) is 2.46. The van der Waals surface area contributed by atoms with Crippen molar-refractivity contribution in [2.75, 3.05) is 24.7 Å². The zero-order valence-corrected chi connectivity index (χ0v) is 11.5. The van der Waals surface area contributed by atoms with Crippen LogP contribution in [0.5, 0.6) is 0 Å². The topological polar surface area (TPSA) is 56.5 Å². The number of nitrogens with zero attached hydrogens (tertiary/aromatic N) is 2. The summed E-state index contributed by atoms with van der Waals surface area (Å²) < 4.78 is 5.51. The molecule has 102 valence electrons. The van der Waals surface area contributed by atoms with Crippen molar-refractivity contribution in [2.24, 2.45) is 0 Å². The van der Waals surface area contributed by atoms with Crippen LogP contribution in [0.1, 0.15) is 37.5 Å². The van der Waals surface area contributed by atoms with E-state index in [9.17, 15) is 5.11 Å². The minimum Gasteiger partial charge on any atom is -0.389 e. The molecule has 1 aromatic carbocycles. The highest BCUT2D eigenvalue weighted by Gasteiger charge is 2.24. The fourth-order valence-corrected chi connectivity index (χ4v) is 2.53. The van der Waals surface area contributed by atoms with Crippen molar-refractivity contribution in [3.8, 4) is 6.07 Å². The van der Waals surface area contributed by atoms with Crippen LogP contribution in [0.25, 0.3) is 0 Å². The Kier molecular flexibility index (Phi) is 4.41. The predicted molar refractivity (Wildman–Crippen MR) is 74.0 cm³/mol. The van der Waals surface area contributed by atoms with Gasteiger partial charge in [-0.25, -0.2) is 0 Å². The Labute approximate surface area is 114 Å². The van der Waals surface area contributed by atoms with Crippen LogP contribution in [-0.2, 0) is 4.74 Å². The van der Waals surface area contributed by atoms with Gasteiger partial charge in [-0.1, -0.05) is 13.0 Å². The molecule has 0 bridgehead atoms. The molecule has 1 N–H and O–H groups in total. The molecule has 1 saturated heterocycles. The van der Waals surface area contributed by atoms with E-state index >= 15 is 0 Å². The van der Waals surface area contributed by atoms with Crippen molar-refractivity contribution in [2.45, 2.75) is 32.4 Å². The first-order valence-electron chi connectivity index (χ1n) is 6.73. The number of hydrogen-bond acceptors (Lipinski definition) is 4. The molecule has 1 heterocycles. The van der Waals surface area contributed by atoms with E-state index in [0.29, 0.717) is 24.8 Å². The van der Waals surface area contributed by atoms with E-state index < -0.39 is 6.10 Å². The summed E-state index contributed by atoms with van der Waals surface area (Å²) in [4.78, 5) is 2.26. The van der Waals surface area contributed by atoms with E-state index in [1.165, 1.54) is 0 Å². The fraction of sp³-hybridized carbons (Fsp3) is 0.533. The Morgan fingerprint density at radius 1 is 1.58 bits per heavy atom. The number of rotatable bonds is 3. The number of anilines is 1. The highest BCUT2D eigenvalue weighted by atomic mass is 16.5. The molecule has 4 heteroatoms. The maximum atomic E-state index is 9.92. The number of hydrogen-bond donors (Lipinski definition) is 1. The van der Waals surface area contributed by atoms with Crippen molar-refractivity contribution < 1.29 is 9.84 Å². The zero-order valence-electron chi connectivity index (χ0n) is 11.5. The molecule has 19 heavy (non-hydrogen) atoms. The molecular weight excluding hydrogens is 240 g/mol. The number of aliphatic hydroxyl groups is 1. The number of morpholine rings is 1. The van der Waals surface area contributed by atoms with Crippen LogP contribution < -0.4 is 4.90 Å². The monoisotopic (exact) mass is 260 g/mol. The lowest BCUT2D eigenvalue weighted by molar-refractivity contribution is 0.0925. The van der Waals surface area contributed by atoms with Gasteiger partial charge in [0.1, 0.15) is 0 Å². The van der Waals surface area contributed by atoms with Gasteiger partial charge in [0.2, 0.25) is 0 Å². The van der Waals surface area contributed by atoms with Gasteiger partial charge in [0.05, 0.1) is 37.0 Å². The highest BCUT2D eigenvalue weighted by Crippen LogP contribution is 2.30. The second kappa shape index (κ2) is 6.05. The predicted octanol–water partition coefficient (Wildman–Crippen LogP) is 2.23. The molecule has 1 aliphatic heterocycles. The van der Waals surface area contributed by atoms with Crippen LogP contribution in [0.4, 0.5) is 5.69 Å². The minimum atomic E-state index is -0.539.